The molecule has 3 heterocycles. The van der Waals surface area contributed by atoms with Crippen LogP contribution in [0.2, 0.25) is 0 Å². The first-order valence-corrected chi connectivity index (χ1v) is 9.54. The third kappa shape index (κ3) is 4.64. The van der Waals surface area contributed by atoms with Gasteiger partial charge in [0.2, 0.25) is 5.88 Å². The van der Waals surface area contributed by atoms with Gasteiger partial charge in [-0.2, -0.15) is 0 Å². The van der Waals surface area contributed by atoms with Crippen LogP contribution >= 0.6 is 0 Å². The molecule has 6 nitrogen and oxygen atoms in total. The number of hydrogen-bond donors (Lipinski definition) is 0. The maximum Gasteiger partial charge on any atom is 0.254 e. The lowest BCUT2D eigenvalue weighted by atomic mass is 10.2. The maximum absolute atomic E-state index is 12.9. The Morgan fingerprint density at radius 1 is 1.15 bits per heavy atom. The van der Waals surface area contributed by atoms with Crippen molar-refractivity contribution >= 4 is 5.91 Å². The van der Waals surface area contributed by atoms with Gasteiger partial charge in [0.15, 0.2) is 0 Å². The highest BCUT2D eigenvalue weighted by atomic mass is 16.5. The number of benzene rings is 1. The number of aromatic nitrogens is 1. The summed E-state index contributed by atoms with van der Waals surface area (Å²) in [5.41, 5.74) is 1.94. The second kappa shape index (κ2) is 8.50. The van der Waals surface area contributed by atoms with E-state index >= 15 is 0 Å². The van der Waals surface area contributed by atoms with Crippen molar-refractivity contribution in [1.82, 2.24) is 14.8 Å². The Morgan fingerprint density at radius 2 is 1.96 bits per heavy atom. The zero-order valence-electron chi connectivity index (χ0n) is 15.4. The van der Waals surface area contributed by atoms with Gasteiger partial charge in [-0.25, -0.2) is 4.98 Å². The molecule has 2 saturated heterocycles. The second-order valence-electron chi connectivity index (χ2n) is 7.04. The molecular formula is C21H25N3O3. The molecule has 0 spiro atoms. The molecule has 0 saturated carbocycles. The van der Waals surface area contributed by atoms with Gasteiger partial charge in [0.1, 0.15) is 6.10 Å². The molecule has 1 unspecified atom stereocenters. The molecule has 6 heteroatoms. The molecule has 27 heavy (non-hydrogen) atoms. The molecular weight excluding hydrogens is 342 g/mol. The number of piperazine rings is 1. The third-order valence-electron chi connectivity index (χ3n) is 5.07. The molecule has 1 amide bonds. The van der Waals surface area contributed by atoms with Crippen molar-refractivity contribution in [2.45, 2.75) is 19.1 Å². The van der Waals surface area contributed by atoms with Crippen LogP contribution in [-0.4, -0.2) is 66.2 Å². The predicted molar refractivity (Wildman–Crippen MR) is 102 cm³/mol. The van der Waals surface area contributed by atoms with E-state index in [0.717, 1.165) is 45.8 Å². The molecule has 2 aliphatic heterocycles. The number of pyridine rings is 1. The number of amides is 1. The normalized spacial score (nSPS) is 20.6. The topological polar surface area (TPSA) is 54.9 Å². The summed E-state index contributed by atoms with van der Waals surface area (Å²) in [7, 11) is 0. The van der Waals surface area contributed by atoms with Gasteiger partial charge < -0.3 is 14.4 Å². The summed E-state index contributed by atoms with van der Waals surface area (Å²) in [4.78, 5) is 21.4. The Bertz CT molecular complexity index is 754. The van der Waals surface area contributed by atoms with E-state index in [1.54, 1.807) is 18.3 Å². The highest BCUT2D eigenvalue weighted by molar-refractivity contribution is 5.94. The van der Waals surface area contributed by atoms with E-state index in [-0.39, 0.29) is 12.0 Å². The Kier molecular flexibility index (Phi) is 5.65. The summed E-state index contributed by atoms with van der Waals surface area (Å²) in [6.07, 6.45) is 2.54. The smallest absolute Gasteiger partial charge is 0.254 e. The lowest BCUT2D eigenvalue weighted by Crippen LogP contribution is -2.48. The van der Waals surface area contributed by atoms with Gasteiger partial charge in [-0.3, -0.25) is 9.69 Å². The molecule has 0 aliphatic carbocycles. The Labute approximate surface area is 159 Å². The van der Waals surface area contributed by atoms with Crippen LogP contribution in [0.4, 0.5) is 0 Å². The molecule has 1 aromatic carbocycles. The quantitative estimate of drug-likeness (QED) is 0.811. The summed E-state index contributed by atoms with van der Waals surface area (Å²) in [5, 5.41) is 0. The number of nitrogens with zero attached hydrogens (tertiary/aromatic N) is 3. The summed E-state index contributed by atoms with van der Waals surface area (Å²) >= 11 is 0. The van der Waals surface area contributed by atoms with Crippen LogP contribution in [0.3, 0.4) is 0 Å². The van der Waals surface area contributed by atoms with Crippen molar-refractivity contribution in [3.05, 3.63) is 59.8 Å². The zero-order chi connectivity index (χ0) is 18.5. The zero-order valence-corrected chi connectivity index (χ0v) is 15.4. The Hall–Kier alpha value is -2.44. The molecule has 0 radical (unpaired) electrons. The molecule has 0 N–H and O–H groups in total. The maximum atomic E-state index is 12.9. The first-order valence-electron chi connectivity index (χ1n) is 9.54. The molecule has 2 fully saturated rings. The fraction of sp³-hybridized carbons (Fsp3) is 0.429. The van der Waals surface area contributed by atoms with Crippen LogP contribution in [0, 0.1) is 0 Å². The van der Waals surface area contributed by atoms with Gasteiger partial charge >= 0.3 is 0 Å². The van der Waals surface area contributed by atoms with Gasteiger partial charge in [-0.15, -0.1) is 0 Å². The van der Waals surface area contributed by atoms with Gasteiger partial charge in [-0.05, 0) is 11.6 Å². The van der Waals surface area contributed by atoms with Crippen molar-refractivity contribution in [2.24, 2.45) is 0 Å². The van der Waals surface area contributed by atoms with E-state index in [2.05, 4.69) is 34.1 Å². The van der Waals surface area contributed by atoms with E-state index in [4.69, 9.17) is 9.47 Å². The van der Waals surface area contributed by atoms with E-state index in [1.807, 2.05) is 11.0 Å². The molecule has 1 atom stereocenters. The van der Waals surface area contributed by atoms with Crippen molar-refractivity contribution in [1.29, 1.82) is 0 Å². The first kappa shape index (κ1) is 17.9. The minimum Gasteiger partial charge on any atom is -0.472 e. The SMILES string of the molecule is O=C(c1ccnc(OC2CCOC2)c1)N1CCN(Cc2ccccc2)CC1. The number of carbonyl (C=O) groups excluding carboxylic acids is 1. The summed E-state index contributed by atoms with van der Waals surface area (Å²) in [6, 6.07) is 14.0. The summed E-state index contributed by atoms with van der Waals surface area (Å²) in [5.74, 6) is 0.545. The highest BCUT2D eigenvalue weighted by Gasteiger charge is 2.23. The lowest BCUT2D eigenvalue weighted by molar-refractivity contribution is 0.0627. The fourth-order valence-corrected chi connectivity index (χ4v) is 3.52. The van der Waals surface area contributed by atoms with Gasteiger partial charge in [0.05, 0.1) is 13.2 Å². The van der Waals surface area contributed by atoms with E-state index in [1.165, 1.54) is 5.56 Å². The van der Waals surface area contributed by atoms with Gasteiger partial charge in [0.25, 0.3) is 5.91 Å². The standard InChI is InChI=1S/C21H25N3O3/c25-21(18-6-8-22-20(14-18)27-19-7-13-26-16-19)24-11-9-23(10-12-24)15-17-4-2-1-3-5-17/h1-6,8,14,19H,7,9-13,15-16H2. The van der Waals surface area contributed by atoms with Crippen LogP contribution in [0.25, 0.3) is 0 Å². The third-order valence-corrected chi connectivity index (χ3v) is 5.07. The van der Waals surface area contributed by atoms with Crippen molar-refractivity contribution in [3.8, 4) is 5.88 Å². The van der Waals surface area contributed by atoms with Crippen LogP contribution in [0.5, 0.6) is 5.88 Å². The van der Waals surface area contributed by atoms with Gasteiger partial charge in [0, 0.05) is 57.0 Å². The Balaban J connectivity index is 1.32. The minimum atomic E-state index is 0.0318. The second-order valence-corrected chi connectivity index (χ2v) is 7.04. The molecule has 2 aliphatic rings. The monoisotopic (exact) mass is 367 g/mol. The van der Waals surface area contributed by atoms with E-state index in [9.17, 15) is 4.79 Å². The van der Waals surface area contributed by atoms with E-state index in [0.29, 0.717) is 18.1 Å². The van der Waals surface area contributed by atoms with Crippen molar-refractivity contribution in [3.63, 3.8) is 0 Å². The van der Waals surface area contributed by atoms with Crippen LogP contribution < -0.4 is 4.74 Å². The van der Waals surface area contributed by atoms with Crippen molar-refractivity contribution in [2.75, 3.05) is 39.4 Å². The number of rotatable bonds is 5. The molecule has 0 bridgehead atoms. The molecule has 4 rings (SSSR count). The average molecular weight is 367 g/mol. The average Bonchev–Trinajstić information content (AvgIpc) is 3.22. The minimum absolute atomic E-state index is 0.0318. The van der Waals surface area contributed by atoms with E-state index < -0.39 is 0 Å². The van der Waals surface area contributed by atoms with Crippen molar-refractivity contribution < 1.29 is 14.3 Å². The lowest BCUT2D eigenvalue weighted by Gasteiger charge is -2.34. The summed E-state index contributed by atoms with van der Waals surface area (Å²) in [6.45, 7) is 5.48. The molecule has 142 valence electrons. The fourth-order valence-electron chi connectivity index (χ4n) is 3.52. The van der Waals surface area contributed by atoms with Gasteiger partial charge in [-0.1, -0.05) is 30.3 Å². The van der Waals surface area contributed by atoms with Crippen LogP contribution in [0.15, 0.2) is 48.7 Å². The highest BCUT2D eigenvalue weighted by Crippen LogP contribution is 2.18. The first-order chi connectivity index (χ1) is 13.3. The predicted octanol–water partition coefficient (Wildman–Crippen LogP) is 2.21. The molecule has 2 aromatic rings. The van der Waals surface area contributed by atoms with Crippen LogP contribution in [0.1, 0.15) is 22.3 Å². The Morgan fingerprint density at radius 3 is 2.70 bits per heavy atom. The largest absolute Gasteiger partial charge is 0.472 e. The van der Waals surface area contributed by atoms with Crippen LogP contribution in [-0.2, 0) is 11.3 Å². The summed E-state index contributed by atoms with van der Waals surface area (Å²) < 4.78 is 11.1. The number of ether oxygens (including phenoxy) is 2. The number of hydrogen-bond acceptors (Lipinski definition) is 5. The molecule has 1 aromatic heterocycles. The number of carbonyl (C=O) groups is 1.